The number of hydrogen-bond donors (Lipinski definition) is 1. The lowest BCUT2D eigenvalue weighted by Gasteiger charge is -2.26. The van der Waals surface area contributed by atoms with Gasteiger partial charge in [-0.2, -0.15) is 8.42 Å². The van der Waals surface area contributed by atoms with Crippen LogP contribution in [0, 0.1) is 0 Å². The van der Waals surface area contributed by atoms with Gasteiger partial charge in [-0.15, -0.1) is 0 Å². The van der Waals surface area contributed by atoms with Crippen LogP contribution in [0.4, 0.5) is 10.5 Å². The summed E-state index contributed by atoms with van der Waals surface area (Å²) in [6.07, 6.45) is 0.873. The van der Waals surface area contributed by atoms with E-state index in [-0.39, 0.29) is 10.8 Å². The van der Waals surface area contributed by atoms with Crippen LogP contribution in [0.15, 0.2) is 6.07 Å². The van der Waals surface area contributed by atoms with Crippen LogP contribution in [0.2, 0.25) is 5.15 Å². The summed E-state index contributed by atoms with van der Waals surface area (Å²) in [5, 5.41) is 10.5. The SMILES string of the molecule is CC(C)(C)OC(=O)N1CCc2cc(C(C)(O)COS(C)(=O)=O)nc(Cl)c21. The molecule has 1 unspecified atom stereocenters. The Morgan fingerprint density at radius 2 is 2.00 bits per heavy atom. The molecule has 0 radical (unpaired) electrons. The predicted molar refractivity (Wildman–Crippen MR) is 96.9 cm³/mol. The quantitative estimate of drug-likeness (QED) is 0.603. The molecule has 8 nitrogen and oxygen atoms in total. The van der Waals surface area contributed by atoms with Crippen molar-refractivity contribution in [1.29, 1.82) is 0 Å². The fourth-order valence-electron chi connectivity index (χ4n) is 2.45. The van der Waals surface area contributed by atoms with E-state index in [4.69, 9.17) is 16.3 Å². The lowest BCUT2D eigenvalue weighted by Crippen LogP contribution is -2.36. The third-order valence-electron chi connectivity index (χ3n) is 3.62. The Morgan fingerprint density at radius 3 is 2.54 bits per heavy atom. The Morgan fingerprint density at radius 1 is 1.38 bits per heavy atom. The zero-order valence-corrected chi connectivity index (χ0v) is 16.9. The lowest BCUT2D eigenvalue weighted by molar-refractivity contribution is 0.00631. The number of anilines is 1. The van der Waals surface area contributed by atoms with Gasteiger partial charge in [-0.1, -0.05) is 11.6 Å². The minimum atomic E-state index is -3.71. The number of rotatable bonds is 4. The molecule has 0 spiro atoms. The van der Waals surface area contributed by atoms with Gasteiger partial charge < -0.3 is 9.84 Å². The lowest BCUT2D eigenvalue weighted by atomic mass is 10.0. The standard InChI is InChI=1S/C16H23ClN2O6S/c1-15(2,3)25-14(20)19-7-6-10-8-11(18-13(17)12(10)19)16(4,21)9-24-26(5,22)23/h8,21H,6-7,9H2,1-5H3. The highest BCUT2D eigenvalue weighted by Crippen LogP contribution is 2.37. The molecule has 2 rings (SSSR count). The summed E-state index contributed by atoms with van der Waals surface area (Å²) in [6, 6.07) is 1.59. The molecular weight excluding hydrogens is 384 g/mol. The van der Waals surface area contributed by atoms with Crippen molar-refractivity contribution < 1.29 is 27.2 Å². The van der Waals surface area contributed by atoms with E-state index >= 15 is 0 Å². The molecule has 0 aromatic carbocycles. The molecule has 26 heavy (non-hydrogen) atoms. The van der Waals surface area contributed by atoms with Crippen LogP contribution in [0.1, 0.15) is 39.0 Å². The third kappa shape index (κ3) is 5.06. The van der Waals surface area contributed by atoms with E-state index < -0.39 is 34.0 Å². The number of aromatic nitrogens is 1. The number of carbonyl (C=O) groups excluding carboxylic acids is 1. The monoisotopic (exact) mass is 406 g/mol. The van der Waals surface area contributed by atoms with Crippen molar-refractivity contribution in [2.24, 2.45) is 0 Å². The first-order valence-corrected chi connectivity index (χ1v) is 10.2. The van der Waals surface area contributed by atoms with Crippen LogP contribution in [-0.4, -0.2) is 49.6 Å². The normalized spacial score (nSPS) is 17.0. The van der Waals surface area contributed by atoms with Gasteiger partial charge in [0.2, 0.25) is 0 Å². The summed E-state index contributed by atoms with van der Waals surface area (Å²) in [5.41, 5.74) is -1.00. The molecule has 146 valence electrons. The average molecular weight is 407 g/mol. The highest BCUT2D eigenvalue weighted by atomic mass is 35.5. The number of amides is 1. The fraction of sp³-hybridized carbons (Fsp3) is 0.625. The second-order valence-electron chi connectivity index (χ2n) is 7.43. The van der Waals surface area contributed by atoms with Crippen LogP contribution in [0.5, 0.6) is 0 Å². The molecule has 1 amide bonds. The first kappa shape index (κ1) is 20.9. The van der Waals surface area contributed by atoms with Gasteiger partial charge in [-0.3, -0.25) is 9.08 Å². The molecule has 1 aliphatic rings. The van der Waals surface area contributed by atoms with Gasteiger partial charge in [0.15, 0.2) is 5.15 Å². The Kier molecular flexibility index (Phi) is 5.59. The summed E-state index contributed by atoms with van der Waals surface area (Å²) in [7, 11) is -3.71. The maximum absolute atomic E-state index is 12.4. The van der Waals surface area contributed by atoms with E-state index in [0.29, 0.717) is 24.2 Å². The maximum atomic E-state index is 12.4. The summed E-state index contributed by atoms with van der Waals surface area (Å²) in [4.78, 5) is 17.9. The molecule has 10 heteroatoms. The minimum absolute atomic E-state index is 0.0282. The maximum Gasteiger partial charge on any atom is 0.414 e. The van der Waals surface area contributed by atoms with Crippen molar-refractivity contribution in [3.63, 3.8) is 0 Å². The van der Waals surface area contributed by atoms with Crippen LogP contribution in [-0.2, 0) is 31.1 Å². The summed E-state index contributed by atoms with van der Waals surface area (Å²) >= 11 is 6.25. The minimum Gasteiger partial charge on any atom is -0.443 e. The highest BCUT2D eigenvalue weighted by molar-refractivity contribution is 7.85. The van der Waals surface area contributed by atoms with E-state index in [1.165, 1.54) is 11.8 Å². The van der Waals surface area contributed by atoms with Crippen molar-refractivity contribution in [3.8, 4) is 0 Å². The molecule has 2 heterocycles. The van der Waals surface area contributed by atoms with Crippen molar-refractivity contribution in [1.82, 2.24) is 4.98 Å². The number of pyridine rings is 1. The van der Waals surface area contributed by atoms with E-state index in [1.54, 1.807) is 26.8 Å². The number of nitrogens with zero attached hydrogens (tertiary/aromatic N) is 2. The van der Waals surface area contributed by atoms with Crippen LogP contribution < -0.4 is 4.90 Å². The predicted octanol–water partition coefficient (Wildman–Crippen LogP) is 2.22. The molecule has 0 aliphatic carbocycles. The molecule has 0 bridgehead atoms. The Hall–Kier alpha value is -1.42. The number of hydrogen-bond acceptors (Lipinski definition) is 7. The van der Waals surface area contributed by atoms with Gasteiger partial charge in [-0.05, 0) is 45.7 Å². The van der Waals surface area contributed by atoms with E-state index in [1.807, 2.05) is 0 Å². The summed E-state index contributed by atoms with van der Waals surface area (Å²) in [5.74, 6) is 0. The van der Waals surface area contributed by atoms with E-state index in [9.17, 15) is 18.3 Å². The second kappa shape index (κ2) is 6.95. The fourth-order valence-corrected chi connectivity index (χ4v) is 3.21. The average Bonchev–Trinajstić information content (AvgIpc) is 2.87. The number of fused-ring (bicyclic) bond motifs is 1. The zero-order chi connectivity index (χ0) is 19.9. The van der Waals surface area contributed by atoms with E-state index in [0.717, 1.165) is 6.26 Å². The topological polar surface area (TPSA) is 106 Å². The molecule has 1 N–H and O–H groups in total. The Labute approximate surface area is 158 Å². The molecule has 0 saturated heterocycles. The number of halogens is 1. The van der Waals surface area contributed by atoms with Gasteiger partial charge in [0.1, 0.15) is 17.8 Å². The van der Waals surface area contributed by atoms with Crippen molar-refractivity contribution >= 4 is 33.5 Å². The van der Waals surface area contributed by atoms with Gasteiger partial charge in [0, 0.05) is 6.54 Å². The van der Waals surface area contributed by atoms with Crippen molar-refractivity contribution in [3.05, 3.63) is 22.5 Å². The molecule has 1 atom stereocenters. The molecule has 0 fully saturated rings. The highest BCUT2D eigenvalue weighted by Gasteiger charge is 2.35. The number of ether oxygens (including phenoxy) is 1. The van der Waals surface area contributed by atoms with Crippen molar-refractivity contribution in [2.75, 3.05) is 24.3 Å². The van der Waals surface area contributed by atoms with Crippen molar-refractivity contribution in [2.45, 2.75) is 45.3 Å². The molecular formula is C16H23ClN2O6S. The van der Waals surface area contributed by atoms with Gasteiger partial charge in [0.05, 0.1) is 17.6 Å². The Balaban J connectivity index is 2.30. The zero-order valence-electron chi connectivity index (χ0n) is 15.4. The van der Waals surface area contributed by atoms with Crippen LogP contribution in [0.25, 0.3) is 0 Å². The van der Waals surface area contributed by atoms with E-state index in [2.05, 4.69) is 9.17 Å². The Bertz CT molecular complexity index is 817. The third-order valence-corrected chi connectivity index (χ3v) is 4.43. The first-order chi connectivity index (χ1) is 11.7. The second-order valence-corrected chi connectivity index (χ2v) is 9.43. The smallest absolute Gasteiger partial charge is 0.414 e. The van der Waals surface area contributed by atoms with Gasteiger partial charge >= 0.3 is 6.09 Å². The van der Waals surface area contributed by atoms with Crippen LogP contribution in [0.3, 0.4) is 0 Å². The molecule has 1 aliphatic heterocycles. The molecule has 1 aromatic heterocycles. The van der Waals surface area contributed by atoms with Crippen LogP contribution >= 0.6 is 11.6 Å². The van der Waals surface area contributed by atoms with Gasteiger partial charge in [0.25, 0.3) is 10.1 Å². The molecule has 0 saturated carbocycles. The summed E-state index contributed by atoms with van der Waals surface area (Å²) < 4.78 is 32.4. The number of carbonyl (C=O) groups is 1. The van der Waals surface area contributed by atoms with Gasteiger partial charge in [-0.25, -0.2) is 9.78 Å². The first-order valence-electron chi connectivity index (χ1n) is 7.97. The number of aliphatic hydroxyl groups is 1. The largest absolute Gasteiger partial charge is 0.443 e. The molecule has 1 aromatic rings. The summed E-state index contributed by atoms with van der Waals surface area (Å²) in [6.45, 7) is 6.56.